The van der Waals surface area contributed by atoms with Gasteiger partial charge in [-0.25, -0.2) is 0 Å². The summed E-state index contributed by atoms with van der Waals surface area (Å²) in [5.41, 5.74) is 5.33. The fourth-order valence-corrected chi connectivity index (χ4v) is 4.47. The summed E-state index contributed by atoms with van der Waals surface area (Å²) in [4.78, 5) is 15.0. The zero-order valence-corrected chi connectivity index (χ0v) is 17.6. The van der Waals surface area contributed by atoms with Gasteiger partial charge < -0.3 is 28.4 Å². The molecule has 2 fully saturated rings. The molecule has 0 radical (unpaired) electrons. The topological polar surface area (TPSA) is 62.2 Å². The zero-order chi connectivity index (χ0) is 20.7. The van der Waals surface area contributed by atoms with Gasteiger partial charge in [-0.15, -0.1) is 0 Å². The Bertz CT molecular complexity index is 990. The van der Waals surface area contributed by atoms with Gasteiger partial charge in [0.2, 0.25) is 0 Å². The largest absolute Gasteiger partial charge is 0.476 e. The van der Waals surface area contributed by atoms with Crippen molar-refractivity contribution in [1.82, 2.24) is 4.57 Å². The summed E-state index contributed by atoms with van der Waals surface area (Å²) in [6.07, 6.45) is 1.12. The SMILES string of the molecule is COC1CN(c2ccc3c(c2)CCn2c(OC[C@@H]4COCCO4)cc(=O)c(C)c2-3)C1. The second-order valence-corrected chi connectivity index (χ2v) is 8.20. The predicted molar refractivity (Wildman–Crippen MR) is 114 cm³/mol. The normalized spacial score (nSPS) is 21.0. The van der Waals surface area contributed by atoms with Crippen LogP contribution in [0.5, 0.6) is 5.88 Å². The maximum absolute atomic E-state index is 12.7. The number of hydrogen-bond acceptors (Lipinski definition) is 6. The number of rotatable bonds is 5. The molecule has 0 bridgehead atoms. The van der Waals surface area contributed by atoms with Gasteiger partial charge in [0.05, 0.1) is 31.6 Å². The molecule has 160 valence electrons. The standard InChI is InChI=1S/C23H28N2O5/c1-15-21(26)10-22(30-14-19-13-28-7-8-29-19)25-6-5-16-9-17(3-4-20(16)23(15)25)24-11-18(12-24)27-2/h3-4,9-10,18-19H,5-8,11-14H2,1-2H3/t19-/m0/s1. The summed E-state index contributed by atoms with van der Waals surface area (Å²) in [5.74, 6) is 0.607. The molecule has 1 atom stereocenters. The van der Waals surface area contributed by atoms with E-state index in [9.17, 15) is 4.79 Å². The van der Waals surface area contributed by atoms with Crippen LogP contribution in [0.2, 0.25) is 0 Å². The van der Waals surface area contributed by atoms with Crippen LogP contribution in [0.25, 0.3) is 11.3 Å². The summed E-state index contributed by atoms with van der Waals surface area (Å²) in [7, 11) is 1.76. The van der Waals surface area contributed by atoms with Gasteiger partial charge >= 0.3 is 0 Å². The highest BCUT2D eigenvalue weighted by Crippen LogP contribution is 2.36. The minimum Gasteiger partial charge on any atom is -0.476 e. The van der Waals surface area contributed by atoms with Crippen molar-refractivity contribution in [1.29, 1.82) is 0 Å². The van der Waals surface area contributed by atoms with E-state index in [1.54, 1.807) is 13.2 Å². The summed E-state index contributed by atoms with van der Waals surface area (Å²) in [6.45, 7) is 6.64. The molecular weight excluding hydrogens is 384 g/mol. The van der Waals surface area contributed by atoms with Crippen molar-refractivity contribution in [3.63, 3.8) is 0 Å². The minimum absolute atomic E-state index is 0.000307. The number of aromatic nitrogens is 1. The summed E-state index contributed by atoms with van der Waals surface area (Å²) < 4.78 is 24.7. The molecule has 7 heteroatoms. The molecule has 0 aliphatic carbocycles. The predicted octanol–water partition coefficient (Wildman–Crippen LogP) is 2.01. The van der Waals surface area contributed by atoms with Crippen LogP contribution in [-0.4, -0.2) is 63.4 Å². The first kappa shape index (κ1) is 19.6. The first-order chi connectivity index (χ1) is 14.6. The molecule has 2 aromatic rings. The Balaban J connectivity index is 1.43. The highest BCUT2D eigenvalue weighted by Gasteiger charge is 2.28. The molecule has 3 aliphatic heterocycles. The lowest BCUT2D eigenvalue weighted by Crippen LogP contribution is -2.51. The van der Waals surface area contributed by atoms with E-state index in [0.717, 1.165) is 42.9 Å². The molecule has 1 aromatic heterocycles. The number of hydrogen-bond donors (Lipinski definition) is 0. The van der Waals surface area contributed by atoms with Crippen LogP contribution in [0.4, 0.5) is 5.69 Å². The molecule has 7 nitrogen and oxygen atoms in total. The number of benzene rings is 1. The van der Waals surface area contributed by atoms with Crippen molar-refractivity contribution in [2.75, 3.05) is 51.5 Å². The van der Waals surface area contributed by atoms with Crippen LogP contribution in [0.1, 0.15) is 11.1 Å². The second-order valence-electron chi connectivity index (χ2n) is 8.20. The van der Waals surface area contributed by atoms with Crippen LogP contribution in [-0.2, 0) is 27.2 Å². The van der Waals surface area contributed by atoms with Gasteiger partial charge in [0.25, 0.3) is 0 Å². The number of nitrogens with zero attached hydrogens (tertiary/aromatic N) is 2. The summed E-state index contributed by atoms with van der Waals surface area (Å²) in [5, 5.41) is 0. The molecule has 0 spiro atoms. The molecule has 0 saturated carbocycles. The van der Waals surface area contributed by atoms with E-state index < -0.39 is 0 Å². The van der Waals surface area contributed by atoms with E-state index in [1.807, 2.05) is 6.92 Å². The van der Waals surface area contributed by atoms with E-state index in [0.29, 0.717) is 38.4 Å². The van der Waals surface area contributed by atoms with Crippen LogP contribution in [0, 0.1) is 6.92 Å². The third-order valence-electron chi connectivity index (χ3n) is 6.31. The van der Waals surface area contributed by atoms with Gasteiger partial charge in [-0.3, -0.25) is 4.79 Å². The molecular formula is C23H28N2O5. The second kappa shape index (κ2) is 8.06. The van der Waals surface area contributed by atoms with Crippen molar-refractivity contribution in [3.8, 4) is 17.1 Å². The molecule has 2 saturated heterocycles. The lowest BCUT2D eigenvalue weighted by Gasteiger charge is -2.40. The third-order valence-corrected chi connectivity index (χ3v) is 6.31. The maximum atomic E-state index is 12.7. The average molecular weight is 412 g/mol. The van der Waals surface area contributed by atoms with Crippen LogP contribution in [0.15, 0.2) is 29.1 Å². The summed E-state index contributed by atoms with van der Waals surface area (Å²) >= 11 is 0. The Morgan fingerprint density at radius 2 is 2.07 bits per heavy atom. The summed E-state index contributed by atoms with van der Waals surface area (Å²) in [6, 6.07) is 8.15. The molecule has 4 heterocycles. The highest BCUT2D eigenvalue weighted by atomic mass is 16.6. The molecule has 3 aliphatic rings. The lowest BCUT2D eigenvalue weighted by atomic mass is 9.93. The smallest absolute Gasteiger partial charge is 0.197 e. The van der Waals surface area contributed by atoms with Crippen LogP contribution in [0.3, 0.4) is 0 Å². The quantitative estimate of drug-likeness (QED) is 0.749. The lowest BCUT2D eigenvalue weighted by molar-refractivity contribution is -0.102. The van der Waals surface area contributed by atoms with Gasteiger partial charge in [0.15, 0.2) is 11.3 Å². The molecule has 5 rings (SSSR count). The Labute approximate surface area is 176 Å². The number of methoxy groups -OCH3 is 1. The monoisotopic (exact) mass is 412 g/mol. The van der Waals surface area contributed by atoms with E-state index in [1.165, 1.54) is 11.3 Å². The van der Waals surface area contributed by atoms with Gasteiger partial charge in [-0.05, 0) is 31.0 Å². The number of pyridine rings is 1. The van der Waals surface area contributed by atoms with E-state index in [-0.39, 0.29) is 11.5 Å². The fourth-order valence-electron chi connectivity index (χ4n) is 4.47. The van der Waals surface area contributed by atoms with E-state index in [4.69, 9.17) is 18.9 Å². The van der Waals surface area contributed by atoms with Crippen LogP contribution < -0.4 is 15.1 Å². The Morgan fingerprint density at radius 3 is 2.83 bits per heavy atom. The molecule has 30 heavy (non-hydrogen) atoms. The van der Waals surface area contributed by atoms with Crippen molar-refractivity contribution in [3.05, 3.63) is 45.6 Å². The van der Waals surface area contributed by atoms with Crippen molar-refractivity contribution < 1.29 is 18.9 Å². The Kier molecular flexibility index (Phi) is 5.26. The molecule has 1 aromatic carbocycles. The van der Waals surface area contributed by atoms with Gasteiger partial charge in [0.1, 0.15) is 12.7 Å². The average Bonchev–Trinajstić information content (AvgIpc) is 2.74. The molecule has 0 N–H and O–H groups in total. The first-order valence-electron chi connectivity index (χ1n) is 10.6. The van der Waals surface area contributed by atoms with E-state index >= 15 is 0 Å². The third kappa shape index (κ3) is 3.51. The highest BCUT2D eigenvalue weighted by molar-refractivity contribution is 5.73. The molecule has 0 unspecified atom stereocenters. The number of aryl methyl sites for hydroxylation is 1. The van der Waals surface area contributed by atoms with Gasteiger partial charge in [-0.2, -0.15) is 0 Å². The molecule has 0 amide bonds. The van der Waals surface area contributed by atoms with Crippen molar-refractivity contribution in [2.45, 2.75) is 32.1 Å². The van der Waals surface area contributed by atoms with Crippen molar-refractivity contribution >= 4 is 5.69 Å². The number of ether oxygens (including phenoxy) is 4. The maximum Gasteiger partial charge on any atom is 0.197 e. The Morgan fingerprint density at radius 1 is 1.20 bits per heavy atom. The number of fused-ring (bicyclic) bond motifs is 3. The van der Waals surface area contributed by atoms with Crippen molar-refractivity contribution in [2.24, 2.45) is 0 Å². The van der Waals surface area contributed by atoms with Gasteiger partial charge in [0, 0.05) is 49.6 Å². The Hall–Kier alpha value is -2.35. The fraction of sp³-hybridized carbons (Fsp3) is 0.522. The van der Waals surface area contributed by atoms with Crippen LogP contribution >= 0.6 is 0 Å². The zero-order valence-electron chi connectivity index (χ0n) is 17.6. The van der Waals surface area contributed by atoms with E-state index in [2.05, 4.69) is 27.7 Å². The first-order valence-corrected chi connectivity index (χ1v) is 10.6. The van der Waals surface area contributed by atoms with Gasteiger partial charge in [-0.1, -0.05) is 6.07 Å². The minimum atomic E-state index is -0.0997. The number of anilines is 1.